The van der Waals surface area contributed by atoms with Crippen molar-refractivity contribution < 1.29 is 0 Å². The van der Waals surface area contributed by atoms with Gasteiger partial charge in [0.05, 0.1) is 0 Å². The third kappa shape index (κ3) is 1.07. The van der Waals surface area contributed by atoms with Crippen molar-refractivity contribution in [2.75, 3.05) is 5.32 Å². The van der Waals surface area contributed by atoms with Crippen molar-refractivity contribution in [1.29, 1.82) is 0 Å². The fourth-order valence-corrected chi connectivity index (χ4v) is 2.86. The van der Waals surface area contributed by atoms with E-state index in [1.54, 1.807) is 0 Å². The molecule has 1 aromatic carbocycles. The Balaban J connectivity index is 2.09. The van der Waals surface area contributed by atoms with E-state index in [4.69, 9.17) is 11.6 Å². The molecule has 1 N–H and O–H groups in total. The maximum Gasteiger partial charge on any atom is 0.0410 e. The van der Waals surface area contributed by atoms with E-state index in [-0.39, 0.29) is 0 Å². The largest absolute Gasteiger partial charge is 0.381 e. The van der Waals surface area contributed by atoms with Gasteiger partial charge in [0, 0.05) is 22.7 Å². The Hall–Kier alpha value is -0.690. The summed E-state index contributed by atoms with van der Waals surface area (Å²) in [6, 6.07) is 6.89. The number of fused-ring (bicyclic) bond motifs is 3. The molecule has 1 saturated carbocycles. The Kier molecular flexibility index (Phi) is 1.57. The number of benzene rings is 1. The quantitative estimate of drug-likeness (QED) is 0.666. The first kappa shape index (κ1) is 7.69. The summed E-state index contributed by atoms with van der Waals surface area (Å²) >= 11 is 5.99. The molecule has 0 saturated heterocycles. The first-order valence-corrected chi connectivity index (χ1v) is 5.28. The number of nitrogens with one attached hydrogen (secondary N) is 1. The van der Waals surface area contributed by atoms with Crippen LogP contribution in [0.5, 0.6) is 0 Å². The summed E-state index contributed by atoms with van der Waals surface area (Å²) in [7, 11) is 0. The van der Waals surface area contributed by atoms with Crippen molar-refractivity contribution in [3.63, 3.8) is 0 Å². The molecule has 0 amide bonds. The van der Waals surface area contributed by atoms with Gasteiger partial charge in [-0.05, 0) is 36.6 Å². The van der Waals surface area contributed by atoms with Gasteiger partial charge in [-0.15, -0.1) is 0 Å². The second-order valence-corrected chi connectivity index (χ2v) is 4.46. The topological polar surface area (TPSA) is 12.0 Å². The van der Waals surface area contributed by atoms with E-state index < -0.39 is 0 Å². The molecule has 1 fully saturated rings. The van der Waals surface area contributed by atoms with Gasteiger partial charge in [0.1, 0.15) is 0 Å². The van der Waals surface area contributed by atoms with Crippen LogP contribution in [-0.4, -0.2) is 6.04 Å². The number of hydrogen-bond acceptors (Lipinski definition) is 1. The minimum atomic E-state index is 0.688. The first-order chi connectivity index (χ1) is 6.34. The second kappa shape index (κ2) is 2.65. The molecule has 0 spiro atoms. The third-order valence-electron chi connectivity index (χ3n) is 3.27. The van der Waals surface area contributed by atoms with Gasteiger partial charge in [-0.2, -0.15) is 0 Å². The van der Waals surface area contributed by atoms with E-state index in [0.717, 1.165) is 10.9 Å². The number of hydrogen-bond donors (Lipinski definition) is 1. The number of halogens is 1. The number of anilines is 1. The minimum Gasteiger partial charge on any atom is -0.381 e. The fraction of sp³-hybridized carbons (Fsp3) is 0.455. The summed E-state index contributed by atoms with van der Waals surface area (Å²) in [4.78, 5) is 0. The van der Waals surface area contributed by atoms with E-state index in [1.165, 1.54) is 30.5 Å². The molecule has 1 nitrogen and oxygen atoms in total. The smallest absolute Gasteiger partial charge is 0.0410 e. The summed E-state index contributed by atoms with van der Waals surface area (Å²) in [6.07, 6.45) is 4.00. The Morgan fingerprint density at radius 1 is 1.31 bits per heavy atom. The Bertz CT molecular complexity index is 348. The average molecular weight is 194 g/mol. The SMILES string of the molecule is Clc1ccc2c(c1)C1CCCC1N2. The molecular formula is C11H12ClN. The van der Waals surface area contributed by atoms with Crippen molar-refractivity contribution in [3.05, 3.63) is 28.8 Å². The fourth-order valence-electron chi connectivity index (χ4n) is 2.68. The zero-order valence-corrected chi connectivity index (χ0v) is 8.14. The third-order valence-corrected chi connectivity index (χ3v) is 3.51. The molecular weight excluding hydrogens is 182 g/mol. The van der Waals surface area contributed by atoms with Crippen molar-refractivity contribution in [2.45, 2.75) is 31.2 Å². The monoisotopic (exact) mass is 193 g/mol. The van der Waals surface area contributed by atoms with E-state index in [2.05, 4.69) is 17.4 Å². The second-order valence-electron chi connectivity index (χ2n) is 4.02. The molecule has 0 radical (unpaired) electrons. The van der Waals surface area contributed by atoms with E-state index >= 15 is 0 Å². The zero-order valence-electron chi connectivity index (χ0n) is 7.39. The van der Waals surface area contributed by atoms with Crippen LogP contribution in [0.1, 0.15) is 30.7 Å². The lowest BCUT2D eigenvalue weighted by atomic mass is 9.98. The lowest BCUT2D eigenvalue weighted by Gasteiger charge is -2.08. The molecule has 2 atom stereocenters. The normalized spacial score (nSPS) is 29.6. The van der Waals surface area contributed by atoms with Gasteiger partial charge in [-0.3, -0.25) is 0 Å². The minimum absolute atomic E-state index is 0.688. The highest BCUT2D eigenvalue weighted by atomic mass is 35.5. The van der Waals surface area contributed by atoms with Gasteiger partial charge >= 0.3 is 0 Å². The molecule has 1 aromatic rings. The molecule has 3 rings (SSSR count). The lowest BCUT2D eigenvalue weighted by Crippen LogP contribution is -2.13. The molecule has 68 valence electrons. The zero-order chi connectivity index (χ0) is 8.84. The average Bonchev–Trinajstić information content (AvgIpc) is 2.64. The highest BCUT2D eigenvalue weighted by molar-refractivity contribution is 6.30. The standard InChI is InChI=1S/C11H12ClN/c12-7-4-5-11-9(6-7)8-2-1-3-10(8)13-11/h4-6,8,10,13H,1-3H2. The molecule has 0 aromatic heterocycles. The number of rotatable bonds is 0. The van der Waals surface area contributed by atoms with Gasteiger partial charge in [-0.1, -0.05) is 18.0 Å². The van der Waals surface area contributed by atoms with E-state index in [1.807, 2.05) is 6.07 Å². The first-order valence-electron chi connectivity index (χ1n) is 4.90. The molecule has 1 aliphatic carbocycles. The van der Waals surface area contributed by atoms with Crippen molar-refractivity contribution in [1.82, 2.24) is 0 Å². The Labute approximate surface area is 83.1 Å². The summed E-state index contributed by atoms with van der Waals surface area (Å²) in [5, 5.41) is 4.43. The summed E-state index contributed by atoms with van der Waals surface area (Å²) < 4.78 is 0. The molecule has 2 unspecified atom stereocenters. The molecule has 2 aliphatic rings. The summed E-state index contributed by atoms with van der Waals surface area (Å²) in [5.41, 5.74) is 2.74. The van der Waals surface area contributed by atoms with Crippen LogP contribution >= 0.6 is 11.6 Å². The Morgan fingerprint density at radius 2 is 2.23 bits per heavy atom. The van der Waals surface area contributed by atoms with Gasteiger partial charge in [0.15, 0.2) is 0 Å². The van der Waals surface area contributed by atoms with Crippen LogP contribution < -0.4 is 5.32 Å². The predicted octanol–water partition coefficient (Wildman–Crippen LogP) is 3.40. The van der Waals surface area contributed by atoms with Gasteiger partial charge in [0.2, 0.25) is 0 Å². The molecule has 1 heterocycles. The maximum atomic E-state index is 5.99. The van der Waals surface area contributed by atoms with Crippen LogP contribution in [0.15, 0.2) is 18.2 Å². The Morgan fingerprint density at radius 3 is 3.15 bits per heavy atom. The lowest BCUT2D eigenvalue weighted by molar-refractivity contribution is 0.690. The van der Waals surface area contributed by atoms with E-state index in [0.29, 0.717) is 6.04 Å². The summed E-state index contributed by atoms with van der Waals surface area (Å²) in [5.74, 6) is 0.730. The van der Waals surface area contributed by atoms with Crippen LogP contribution in [0.3, 0.4) is 0 Å². The van der Waals surface area contributed by atoms with Crippen LogP contribution in [0.2, 0.25) is 5.02 Å². The van der Waals surface area contributed by atoms with Crippen LogP contribution in [0.25, 0.3) is 0 Å². The van der Waals surface area contributed by atoms with Crippen molar-refractivity contribution in [2.24, 2.45) is 0 Å². The molecule has 2 heteroatoms. The molecule has 13 heavy (non-hydrogen) atoms. The highest BCUT2D eigenvalue weighted by Gasteiger charge is 2.35. The van der Waals surface area contributed by atoms with Gasteiger partial charge in [-0.25, -0.2) is 0 Å². The van der Waals surface area contributed by atoms with Gasteiger partial charge < -0.3 is 5.32 Å². The van der Waals surface area contributed by atoms with Crippen LogP contribution in [0, 0.1) is 0 Å². The van der Waals surface area contributed by atoms with Crippen LogP contribution in [0.4, 0.5) is 5.69 Å². The predicted molar refractivity (Wildman–Crippen MR) is 55.5 cm³/mol. The molecule has 0 bridgehead atoms. The van der Waals surface area contributed by atoms with Gasteiger partial charge in [0.25, 0.3) is 0 Å². The van der Waals surface area contributed by atoms with Crippen LogP contribution in [-0.2, 0) is 0 Å². The summed E-state index contributed by atoms with van der Waals surface area (Å²) in [6.45, 7) is 0. The van der Waals surface area contributed by atoms with Crippen molar-refractivity contribution >= 4 is 17.3 Å². The maximum absolute atomic E-state index is 5.99. The van der Waals surface area contributed by atoms with E-state index in [9.17, 15) is 0 Å². The molecule has 1 aliphatic heterocycles. The van der Waals surface area contributed by atoms with Crippen molar-refractivity contribution in [3.8, 4) is 0 Å². The highest BCUT2D eigenvalue weighted by Crippen LogP contribution is 2.45.